The maximum atomic E-state index is 12.3. The van der Waals surface area contributed by atoms with Gasteiger partial charge in [-0.05, 0) is 42.1 Å². The maximum Gasteiger partial charge on any atom is 0.263 e. The Kier molecular flexibility index (Phi) is 6.33. The number of amides is 1. The normalized spacial score (nSPS) is 13.9. The summed E-state index contributed by atoms with van der Waals surface area (Å²) in [6.07, 6.45) is 4.09. The second kappa shape index (κ2) is 9.49. The highest BCUT2D eigenvalue weighted by molar-refractivity contribution is 7.09. The molecular weight excluding hydrogens is 388 g/mol. The number of hydrogen-bond donors (Lipinski definition) is 1. The Morgan fingerprint density at radius 1 is 1.14 bits per heavy atom. The summed E-state index contributed by atoms with van der Waals surface area (Å²) < 4.78 is 11.3. The predicted octanol–water partition coefficient (Wildman–Crippen LogP) is 3.14. The van der Waals surface area contributed by atoms with E-state index in [0.29, 0.717) is 42.8 Å². The summed E-state index contributed by atoms with van der Waals surface area (Å²) in [4.78, 5) is 24.4. The van der Waals surface area contributed by atoms with E-state index in [-0.39, 0.29) is 5.91 Å². The molecule has 0 saturated carbocycles. The van der Waals surface area contributed by atoms with Gasteiger partial charge in [0, 0.05) is 42.5 Å². The third kappa shape index (κ3) is 5.10. The highest BCUT2D eigenvalue weighted by Crippen LogP contribution is 2.28. The van der Waals surface area contributed by atoms with Crippen LogP contribution in [0.4, 0.5) is 5.82 Å². The molecule has 3 heterocycles. The van der Waals surface area contributed by atoms with Crippen LogP contribution in [-0.4, -0.2) is 48.7 Å². The molecule has 1 N–H and O–H groups in total. The lowest BCUT2D eigenvalue weighted by molar-refractivity contribution is 0.0954. The first kappa shape index (κ1) is 19.4. The lowest BCUT2D eigenvalue weighted by Crippen LogP contribution is -2.37. The number of morpholine rings is 1. The summed E-state index contributed by atoms with van der Waals surface area (Å²) >= 11 is 1.70. The lowest BCUT2D eigenvalue weighted by Gasteiger charge is -2.28. The maximum absolute atomic E-state index is 12.3. The summed E-state index contributed by atoms with van der Waals surface area (Å²) in [5, 5.41) is 4.98. The van der Waals surface area contributed by atoms with E-state index < -0.39 is 0 Å². The zero-order valence-electron chi connectivity index (χ0n) is 15.9. The van der Waals surface area contributed by atoms with Gasteiger partial charge in [-0.3, -0.25) is 4.79 Å². The van der Waals surface area contributed by atoms with Crippen molar-refractivity contribution in [3.8, 4) is 11.6 Å². The van der Waals surface area contributed by atoms with E-state index in [1.165, 1.54) is 4.88 Å². The molecule has 1 aromatic carbocycles. The molecule has 1 fully saturated rings. The fourth-order valence-corrected chi connectivity index (χ4v) is 3.73. The number of nitrogens with one attached hydrogen (secondary N) is 1. The van der Waals surface area contributed by atoms with Crippen molar-refractivity contribution in [1.29, 1.82) is 0 Å². The van der Waals surface area contributed by atoms with Gasteiger partial charge in [0.15, 0.2) is 5.82 Å². The first-order chi connectivity index (χ1) is 14.3. The molecule has 0 bridgehead atoms. The molecule has 1 saturated heterocycles. The van der Waals surface area contributed by atoms with Crippen LogP contribution in [0.3, 0.4) is 0 Å². The van der Waals surface area contributed by atoms with Crippen molar-refractivity contribution in [2.45, 2.75) is 6.42 Å². The van der Waals surface area contributed by atoms with Crippen LogP contribution in [0.15, 0.2) is 54.2 Å². The molecule has 4 rings (SSSR count). The quantitative estimate of drug-likeness (QED) is 0.645. The number of anilines is 1. The molecule has 0 atom stereocenters. The number of carbonyl (C=O) groups is 1. The van der Waals surface area contributed by atoms with Gasteiger partial charge in [-0.1, -0.05) is 6.07 Å². The Balaban J connectivity index is 1.36. The molecular formula is C21H22N4O3S. The Bertz CT molecular complexity index is 925. The van der Waals surface area contributed by atoms with Crippen molar-refractivity contribution < 1.29 is 14.3 Å². The Labute approximate surface area is 173 Å². The van der Waals surface area contributed by atoms with Crippen LogP contribution in [0.1, 0.15) is 15.2 Å². The largest absolute Gasteiger partial charge is 0.436 e. The minimum absolute atomic E-state index is 0.0957. The number of benzene rings is 1. The fourth-order valence-electron chi connectivity index (χ4n) is 3.02. The molecule has 29 heavy (non-hydrogen) atoms. The van der Waals surface area contributed by atoms with E-state index in [9.17, 15) is 4.79 Å². The van der Waals surface area contributed by atoms with Gasteiger partial charge in [0.2, 0.25) is 0 Å². The van der Waals surface area contributed by atoms with Crippen LogP contribution >= 0.6 is 11.3 Å². The Morgan fingerprint density at radius 3 is 2.69 bits per heavy atom. The molecule has 2 aromatic heterocycles. The molecule has 150 valence electrons. The summed E-state index contributed by atoms with van der Waals surface area (Å²) in [6, 6.07) is 11.1. The topological polar surface area (TPSA) is 76.6 Å². The molecule has 1 amide bonds. The number of carbonyl (C=O) groups excluding carboxylic acids is 1. The van der Waals surface area contributed by atoms with Crippen LogP contribution in [0.2, 0.25) is 0 Å². The second-order valence-corrected chi connectivity index (χ2v) is 7.53. The van der Waals surface area contributed by atoms with Gasteiger partial charge in [-0.2, -0.15) is 0 Å². The molecule has 0 radical (unpaired) electrons. The smallest absolute Gasteiger partial charge is 0.263 e. The first-order valence-electron chi connectivity index (χ1n) is 9.52. The third-order valence-corrected chi connectivity index (χ3v) is 5.46. The third-order valence-electron chi connectivity index (χ3n) is 4.53. The van der Waals surface area contributed by atoms with Crippen molar-refractivity contribution in [3.63, 3.8) is 0 Å². The van der Waals surface area contributed by atoms with Crippen molar-refractivity contribution in [2.75, 3.05) is 37.7 Å². The summed E-state index contributed by atoms with van der Waals surface area (Å²) in [6.45, 7) is 3.43. The van der Waals surface area contributed by atoms with E-state index >= 15 is 0 Å². The van der Waals surface area contributed by atoms with Crippen LogP contribution in [0.25, 0.3) is 0 Å². The van der Waals surface area contributed by atoms with Gasteiger partial charge in [-0.25, -0.2) is 9.97 Å². The van der Waals surface area contributed by atoms with E-state index in [4.69, 9.17) is 9.47 Å². The number of aromatic nitrogens is 2. The van der Waals surface area contributed by atoms with Crippen molar-refractivity contribution in [2.24, 2.45) is 0 Å². The Hall–Kier alpha value is -2.97. The molecule has 7 nitrogen and oxygen atoms in total. The number of rotatable bonds is 7. The molecule has 1 aliphatic rings. The predicted molar refractivity (Wildman–Crippen MR) is 112 cm³/mol. The van der Waals surface area contributed by atoms with Crippen molar-refractivity contribution in [1.82, 2.24) is 15.3 Å². The van der Waals surface area contributed by atoms with Gasteiger partial charge in [0.1, 0.15) is 5.75 Å². The molecule has 0 spiro atoms. The first-order valence-corrected chi connectivity index (χ1v) is 10.4. The average molecular weight is 410 g/mol. The number of thiophene rings is 1. The SMILES string of the molecule is O=C(NCCc1cccs1)c1ccc(Oc2nccnc2N2CCOCC2)cc1. The van der Waals surface area contributed by atoms with E-state index in [2.05, 4.69) is 26.3 Å². The highest BCUT2D eigenvalue weighted by atomic mass is 32.1. The van der Waals surface area contributed by atoms with Gasteiger partial charge in [0.05, 0.1) is 13.2 Å². The zero-order chi connectivity index (χ0) is 19.9. The number of nitrogens with zero attached hydrogens (tertiary/aromatic N) is 3. The van der Waals surface area contributed by atoms with Gasteiger partial charge in [-0.15, -0.1) is 11.3 Å². The number of hydrogen-bond acceptors (Lipinski definition) is 7. The van der Waals surface area contributed by atoms with Gasteiger partial charge >= 0.3 is 0 Å². The number of ether oxygens (including phenoxy) is 2. The lowest BCUT2D eigenvalue weighted by atomic mass is 10.2. The molecule has 8 heteroatoms. The summed E-state index contributed by atoms with van der Waals surface area (Å²) in [5.41, 5.74) is 0.594. The van der Waals surface area contributed by atoms with Crippen LogP contribution < -0.4 is 15.0 Å². The molecule has 1 aliphatic heterocycles. The van der Waals surface area contributed by atoms with Crippen LogP contribution in [0, 0.1) is 0 Å². The second-order valence-electron chi connectivity index (χ2n) is 6.50. The minimum atomic E-state index is -0.0957. The van der Waals surface area contributed by atoms with Gasteiger partial charge in [0.25, 0.3) is 11.8 Å². The van der Waals surface area contributed by atoms with E-state index in [0.717, 1.165) is 19.5 Å². The minimum Gasteiger partial charge on any atom is -0.436 e. The van der Waals surface area contributed by atoms with Crippen LogP contribution in [-0.2, 0) is 11.2 Å². The highest BCUT2D eigenvalue weighted by Gasteiger charge is 2.18. The van der Waals surface area contributed by atoms with E-state index in [1.54, 1.807) is 48.0 Å². The monoisotopic (exact) mass is 410 g/mol. The fraction of sp³-hybridized carbons (Fsp3) is 0.286. The van der Waals surface area contributed by atoms with Gasteiger partial charge < -0.3 is 19.7 Å². The molecule has 0 unspecified atom stereocenters. The van der Waals surface area contributed by atoms with Crippen molar-refractivity contribution in [3.05, 3.63) is 64.6 Å². The summed E-state index contributed by atoms with van der Waals surface area (Å²) in [7, 11) is 0. The van der Waals surface area contributed by atoms with Crippen molar-refractivity contribution >= 4 is 23.1 Å². The van der Waals surface area contributed by atoms with Crippen LogP contribution in [0.5, 0.6) is 11.6 Å². The van der Waals surface area contributed by atoms with E-state index in [1.807, 2.05) is 11.4 Å². The molecule has 3 aromatic rings. The molecule has 0 aliphatic carbocycles. The zero-order valence-corrected chi connectivity index (χ0v) is 16.7. The summed E-state index contributed by atoms with van der Waals surface area (Å²) in [5.74, 6) is 1.66. The average Bonchev–Trinajstić information content (AvgIpc) is 3.29. The Morgan fingerprint density at radius 2 is 1.93 bits per heavy atom. The standard InChI is InChI=1S/C21H22N4O3S/c26-20(23-8-7-18-2-1-15-29-18)16-3-5-17(6-4-16)28-21-19(22-9-10-24-21)25-11-13-27-14-12-25/h1-6,9-10,15H,7-8,11-14H2,(H,23,26).